The van der Waals surface area contributed by atoms with Crippen molar-refractivity contribution in [3.8, 4) is 11.5 Å². The van der Waals surface area contributed by atoms with Gasteiger partial charge in [0.1, 0.15) is 16.4 Å². The van der Waals surface area contributed by atoms with Crippen LogP contribution in [0, 0.1) is 0 Å². The summed E-state index contributed by atoms with van der Waals surface area (Å²) in [4.78, 5) is -0.309. The smallest absolute Gasteiger partial charge is 0.387 e. The van der Waals surface area contributed by atoms with Crippen LogP contribution in [0.5, 0.6) is 11.5 Å². The Labute approximate surface area is 152 Å². The van der Waals surface area contributed by atoms with Gasteiger partial charge in [0.15, 0.2) is 0 Å². The zero-order valence-electron chi connectivity index (χ0n) is 14.5. The summed E-state index contributed by atoms with van der Waals surface area (Å²) in [5.41, 5.74) is 1.04. The van der Waals surface area contributed by atoms with Crippen molar-refractivity contribution in [2.24, 2.45) is 0 Å². The quantitative estimate of drug-likeness (QED) is 0.716. The summed E-state index contributed by atoms with van der Waals surface area (Å²) in [6, 6.07) is 12.4. The maximum Gasteiger partial charge on any atom is 0.387 e. The lowest BCUT2D eigenvalue weighted by Crippen LogP contribution is -2.33. The molecule has 0 heterocycles. The van der Waals surface area contributed by atoms with E-state index in [1.807, 2.05) is 24.3 Å². The number of para-hydroxylation sites is 1. The van der Waals surface area contributed by atoms with Gasteiger partial charge in [-0.05, 0) is 49.6 Å². The number of alkyl halides is 2. The third-order valence-corrected chi connectivity index (χ3v) is 5.37. The lowest BCUT2D eigenvalue weighted by atomic mass is 10.1. The third kappa shape index (κ3) is 5.67. The van der Waals surface area contributed by atoms with E-state index in [0.29, 0.717) is 12.8 Å². The van der Waals surface area contributed by atoms with E-state index in [-0.39, 0.29) is 16.7 Å². The highest BCUT2D eigenvalue weighted by Crippen LogP contribution is 2.25. The summed E-state index contributed by atoms with van der Waals surface area (Å²) in [7, 11) is -2.39. The monoisotopic (exact) mass is 385 g/mol. The van der Waals surface area contributed by atoms with Crippen LogP contribution in [0.3, 0.4) is 0 Å². The van der Waals surface area contributed by atoms with Crippen LogP contribution in [0.15, 0.2) is 53.4 Å². The molecule has 1 N–H and O–H groups in total. The van der Waals surface area contributed by atoms with Gasteiger partial charge in [-0.2, -0.15) is 8.78 Å². The molecule has 0 aliphatic carbocycles. The van der Waals surface area contributed by atoms with Gasteiger partial charge in [0.2, 0.25) is 10.0 Å². The van der Waals surface area contributed by atoms with Gasteiger partial charge in [0.05, 0.1) is 7.11 Å². The lowest BCUT2D eigenvalue weighted by molar-refractivity contribution is -0.0517. The fraction of sp³-hybridized carbons (Fsp3) is 0.333. The number of ether oxygens (including phenoxy) is 2. The molecule has 0 aliphatic rings. The third-order valence-electron chi connectivity index (χ3n) is 3.74. The van der Waals surface area contributed by atoms with Crippen LogP contribution >= 0.6 is 0 Å². The highest BCUT2D eigenvalue weighted by atomic mass is 32.2. The predicted molar refractivity (Wildman–Crippen MR) is 94.2 cm³/mol. The minimum Gasteiger partial charge on any atom is -0.497 e. The Morgan fingerprint density at radius 3 is 2.35 bits per heavy atom. The Morgan fingerprint density at radius 2 is 1.73 bits per heavy atom. The van der Waals surface area contributed by atoms with Crippen molar-refractivity contribution in [3.05, 3.63) is 54.1 Å². The molecule has 2 aromatic carbocycles. The number of hydrogen-bond donors (Lipinski definition) is 1. The average Bonchev–Trinajstić information content (AvgIpc) is 2.60. The maximum absolute atomic E-state index is 12.5. The first-order chi connectivity index (χ1) is 12.3. The van der Waals surface area contributed by atoms with Gasteiger partial charge in [-0.3, -0.25) is 0 Å². The predicted octanol–water partition coefficient (Wildman–Crippen LogP) is 3.60. The van der Waals surface area contributed by atoms with Crippen LogP contribution in [0.4, 0.5) is 8.78 Å². The molecule has 5 nitrogen and oxygen atoms in total. The normalized spacial score (nSPS) is 12.8. The van der Waals surface area contributed by atoms with Gasteiger partial charge in [-0.1, -0.05) is 24.3 Å². The first-order valence-corrected chi connectivity index (χ1v) is 9.49. The minimum atomic E-state index is -3.98. The maximum atomic E-state index is 12.5. The number of aryl methyl sites for hydroxylation is 1. The van der Waals surface area contributed by atoms with E-state index in [2.05, 4.69) is 9.46 Å². The molecule has 0 aliphatic heterocycles. The largest absolute Gasteiger partial charge is 0.497 e. The molecular formula is C18H21F2NO4S. The van der Waals surface area contributed by atoms with E-state index >= 15 is 0 Å². The number of hydrogen-bond acceptors (Lipinski definition) is 4. The first kappa shape index (κ1) is 20.1. The standard InChI is InChI=1S/C18H21F2NO4S/c1-13(7-8-14-9-11-15(24-2)12-10-14)21-26(22,23)17-6-4-3-5-16(17)25-18(19)20/h3-6,9-13,18,21H,7-8H2,1-2H3. The molecule has 1 unspecified atom stereocenters. The Bertz CT molecular complexity index is 810. The molecule has 0 amide bonds. The van der Waals surface area contributed by atoms with Gasteiger partial charge < -0.3 is 9.47 Å². The molecule has 2 rings (SSSR count). The van der Waals surface area contributed by atoms with Crippen LogP contribution < -0.4 is 14.2 Å². The molecule has 0 fully saturated rings. The number of rotatable bonds is 9. The zero-order valence-corrected chi connectivity index (χ0v) is 15.3. The van der Waals surface area contributed by atoms with Crippen molar-refractivity contribution < 1.29 is 26.7 Å². The van der Waals surface area contributed by atoms with Crippen LogP contribution in [-0.2, 0) is 16.4 Å². The van der Waals surface area contributed by atoms with Crippen LogP contribution in [-0.4, -0.2) is 28.2 Å². The Kier molecular flexibility index (Phi) is 6.93. The van der Waals surface area contributed by atoms with E-state index in [9.17, 15) is 17.2 Å². The first-order valence-electron chi connectivity index (χ1n) is 8.01. The topological polar surface area (TPSA) is 64.6 Å². The van der Waals surface area contributed by atoms with Crippen molar-refractivity contribution in [2.45, 2.75) is 37.3 Å². The van der Waals surface area contributed by atoms with Gasteiger partial charge in [0, 0.05) is 6.04 Å². The summed E-state index contributed by atoms with van der Waals surface area (Å²) in [5, 5.41) is 0. The number of nitrogens with one attached hydrogen (secondary N) is 1. The molecule has 0 saturated heterocycles. The van der Waals surface area contributed by atoms with Crippen molar-refractivity contribution in [1.29, 1.82) is 0 Å². The molecule has 0 saturated carbocycles. The number of methoxy groups -OCH3 is 1. The number of sulfonamides is 1. The Morgan fingerprint density at radius 1 is 1.08 bits per heavy atom. The molecule has 142 valence electrons. The van der Waals surface area contributed by atoms with E-state index in [4.69, 9.17) is 4.74 Å². The van der Waals surface area contributed by atoms with Crippen LogP contribution in [0.25, 0.3) is 0 Å². The summed E-state index contributed by atoms with van der Waals surface area (Å²) < 4.78 is 61.8. The molecule has 8 heteroatoms. The van der Waals surface area contributed by atoms with Gasteiger partial charge in [-0.25, -0.2) is 13.1 Å². The summed E-state index contributed by atoms with van der Waals surface area (Å²) in [5.74, 6) is 0.371. The summed E-state index contributed by atoms with van der Waals surface area (Å²) >= 11 is 0. The highest BCUT2D eigenvalue weighted by molar-refractivity contribution is 7.89. The zero-order chi connectivity index (χ0) is 19.2. The van der Waals surface area contributed by atoms with E-state index in [0.717, 1.165) is 11.3 Å². The molecular weight excluding hydrogens is 364 g/mol. The Balaban J connectivity index is 2.01. The van der Waals surface area contributed by atoms with Gasteiger partial charge >= 0.3 is 6.61 Å². The molecule has 0 aromatic heterocycles. The van der Waals surface area contributed by atoms with Crippen molar-refractivity contribution in [2.75, 3.05) is 7.11 Å². The van der Waals surface area contributed by atoms with Crippen LogP contribution in [0.2, 0.25) is 0 Å². The van der Waals surface area contributed by atoms with E-state index in [1.54, 1.807) is 14.0 Å². The van der Waals surface area contributed by atoms with E-state index in [1.165, 1.54) is 24.3 Å². The van der Waals surface area contributed by atoms with Crippen molar-refractivity contribution >= 4 is 10.0 Å². The number of halogens is 2. The Hall–Kier alpha value is -2.19. The average molecular weight is 385 g/mol. The van der Waals surface area contributed by atoms with Crippen molar-refractivity contribution in [1.82, 2.24) is 4.72 Å². The SMILES string of the molecule is COc1ccc(CCC(C)NS(=O)(=O)c2ccccc2OC(F)F)cc1. The molecule has 26 heavy (non-hydrogen) atoms. The van der Waals surface area contributed by atoms with Gasteiger partial charge in [0.25, 0.3) is 0 Å². The molecule has 0 radical (unpaired) electrons. The summed E-state index contributed by atoms with van der Waals surface area (Å²) in [6.07, 6.45) is 1.20. The highest BCUT2D eigenvalue weighted by Gasteiger charge is 2.23. The van der Waals surface area contributed by atoms with Crippen LogP contribution in [0.1, 0.15) is 18.9 Å². The fourth-order valence-electron chi connectivity index (χ4n) is 2.43. The van der Waals surface area contributed by atoms with Gasteiger partial charge in [-0.15, -0.1) is 0 Å². The second-order valence-corrected chi connectivity index (χ2v) is 7.42. The fourth-order valence-corrected chi connectivity index (χ4v) is 3.84. The molecule has 0 bridgehead atoms. The second-order valence-electron chi connectivity index (χ2n) is 5.73. The number of benzene rings is 2. The van der Waals surface area contributed by atoms with E-state index < -0.39 is 16.6 Å². The second kappa shape index (κ2) is 8.95. The molecule has 0 spiro atoms. The molecule has 2 aromatic rings. The minimum absolute atomic E-state index is 0.309. The molecule has 1 atom stereocenters. The van der Waals surface area contributed by atoms with Crippen molar-refractivity contribution in [3.63, 3.8) is 0 Å². The lowest BCUT2D eigenvalue weighted by Gasteiger charge is -2.16. The summed E-state index contributed by atoms with van der Waals surface area (Å²) in [6.45, 7) is -1.38.